The number of halogens is 2. The molecule has 0 saturated carbocycles. The average Bonchev–Trinajstić information content (AvgIpc) is 3.14. The molecule has 0 aromatic heterocycles. The van der Waals surface area contributed by atoms with Crippen LogP contribution in [0, 0.1) is 0 Å². The standard InChI is InChI=1S/C9H7.C8H11O.C2H4.2ClH.Zr/c1-2-5-9-7-3-6-8(9)4-1;9-7-3-6-8-4-1-2-5-8;1-2;;;/h1-7H;1,4,9H,2-3,6-7H2;1H,2H3;2*1H;/q;;;;;+2/p-2. The maximum Gasteiger partial charge on any atom is -1.00 e. The molecule has 3 rings (SSSR count). The van der Waals surface area contributed by atoms with Crippen LogP contribution in [0.15, 0.2) is 51.3 Å². The minimum Gasteiger partial charge on any atom is -1.00 e. The molecule has 1 aromatic carbocycles. The summed E-state index contributed by atoms with van der Waals surface area (Å²) in [5.41, 5.74) is 4.46. The molecule has 1 atom stereocenters. The van der Waals surface area contributed by atoms with E-state index in [2.05, 4.69) is 59.2 Å². The van der Waals surface area contributed by atoms with Crippen molar-refractivity contribution in [3.63, 3.8) is 0 Å². The number of benzene rings is 1. The molecule has 122 valence electrons. The van der Waals surface area contributed by atoms with Crippen molar-refractivity contribution in [2.24, 2.45) is 0 Å². The summed E-state index contributed by atoms with van der Waals surface area (Å²) >= 11 is -1.80. The molecule has 1 N–H and O–H groups in total. The average molecular weight is 429 g/mol. The number of hydrogen-bond donors (Lipinski definition) is 1. The summed E-state index contributed by atoms with van der Waals surface area (Å²) in [6.45, 7) is 2.56. The van der Waals surface area contributed by atoms with Gasteiger partial charge in [0.05, 0.1) is 0 Å². The first-order valence-electron chi connectivity index (χ1n) is 7.78. The fraction of sp³-hybridized carbons (Fsp3) is 0.316. The molecule has 1 aromatic rings. The van der Waals surface area contributed by atoms with E-state index < -0.39 is 21.3 Å². The predicted octanol–water partition coefficient (Wildman–Crippen LogP) is -1.81. The van der Waals surface area contributed by atoms with Gasteiger partial charge in [-0.2, -0.15) is 0 Å². The second-order valence-corrected chi connectivity index (χ2v) is 12.3. The van der Waals surface area contributed by atoms with E-state index in [4.69, 9.17) is 5.11 Å². The first kappa shape index (κ1) is 20.8. The van der Waals surface area contributed by atoms with Crippen molar-refractivity contribution in [3.05, 3.63) is 62.5 Å². The second-order valence-electron chi connectivity index (χ2n) is 5.65. The summed E-state index contributed by atoms with van der Waals surface area (Å²) < 4.78 is 4.94. The third kappa shape index (κ3) is 4.42. The molecular weight excluding hydrogens is 406 g/mol. The smallest absolute Gasteiger partial charge is 1.00 e. The van der Waals surface area contributed by atoms with E-state index in [-0.39, 0.29) is 24.8 Å². The molecule has 2 aliphatic rings. The Bertz CT molecular complexity index is 659. The van der Waals surface area contributed by atoms with Crippen LogP contribution in [-0.4, -0.2) is 15.4 Å². The van der Waals surface area contributed by atoms with Gasteiger partial charge in [-0.25, -0.2) is 0 Å². The van der Waals surface area contributed by atoms with Crippen LogP contribution in [0.4, 0.5) is 0 Å². The zero-order valence-corrected chi connectivity index (χ0v) is 17.3. The van der Waals surface area contributed by atoms with E-state index in [1.165, 1.54) is 16.7 Å². The van der Waals surface area contributed by atoms with Gasteiger partial charge in [0.2, 0.25) is 0 Å². The van der Waals surface area contributed by atoms with Gasteiger partial charge in [-0.15, -0.1) is 0 Å². The molecule has 0 aliphatic heterocycles. The van der Waals surface area contributed by atoms with E-state index in [0.29, 0.717) is 10.2 Å². The van der Waals surface area contributed by atoms with Crippen molar-refractivity contribution in [1.82, 2.24) is 0 Å². The first-order chi connectivity index (χ1) is 10.3. The maximum absolute atomic E-state index is 9.10. The molecule has 23 heavy (non-hydrogen) atoms. The normalized spacial score (nSPS) is 17.9. The molecule has 0 saturated heterocycles. The van der Waals surface area contributed by atoms with Crippen LogP contribution in [0.2, 0.25) is 0 Å². The Morgan fingerprint density at radius 3 is 2.74 bits per heavy atom. The molecular formula is C19H22Cl2OZr. The van der Waals surface area contributed by atoms with Gasteiger partial charge >= 0.3 is 135 Å². The van der Waals surface area contributed by atoms with Crippen LogP contribution >= 0.6 is 0 Å². The molecule has 1 nitrogen and oxygen atoms in total. The molecule has 0 radical (unpaired) electrons. The Labute approximate surface area is 159 Å². The quantitative estimate of drug-likeness (QED) is 0.586. The van der Waals surface area contributed by atoms with Gasteiger partial charge in [-0.1, -0.05) is 0 Å². The zero-order chi connectivity index (χ0) is 14.7. The van der Waals surface area contributed by atoms with Crippen LogP contribution < -0.4 is 24.8 Å². The minimum absolute atomic E-state index is 0. The zero-order valence-electron chi connectivity index (χ0n) is 13.3. The summed E-state index contributed by atoms with van der Waals surface area (Å²) in [5.74, 6) is 0. The molecule has 0 spiro atoms. The molecule has 0 bridgehead atoms. The third-order valence-corrected chi connectivity index (χ3v) is 11.8. The predicted molar refractivity (Wildman–Crippen MR) is 87.1 cm³/mol. The number of fused-ring (bicyclic) bond motifs is 1. The summed E-state index contributed by atoms with van der Waals surface area (Å²) in [6, 6.07) is 8.84. The number of aliphatic hydroxyl groups is 1. The Hall–Kier alpha value is -0.267. The van der Waals surface area contributed by atoms with Gasteiger partial charge in [-0.3, -0.25) is 0 Å². The second kappa shape index (κ2) is 9.89. The number of hydrogen-bond acceptors (Lipinski definition) is 1. The number of aliphatic hydroxyl groups excluding tert-OH is 1. The van der Waals surface area contributed by atoms with Gasteiger partial charge in [-0.05, 0) is 0 Å². The van der Waals surface area contributed by atoms with Crippen LogP contribution in [-0.2, 0) is 21.3 Å². The van der Waals surface area contributed by atoms with Crippen LogP contribution in [0.25, 0.3) is 6.08 Å². The van der Waals surface area contributed by atoms with Gasteiger partial charge < -0.3 is 24.8 Å². The fourth-order valence-corrected chi connectivity index (χ4v) is 10.6. The largest absolute Gasteiger partial charge is 1.00 e. The van der Waals surface area contributed by atoms with Crippen molar-refractivity contribution in [1.29, 1.82) is 0 Å². The number of rotatable bonds is 5. The summed E-state index contributed by atoms with van der Waals surface area (Å²) in [7, 11) is 0. The molecule has 0 amide bonds. The summed E-state index contributed by atoms with van der Waals surface area (Å²) in [5, 5.41) is 9.10. The van der Waals surface area contributed by atoms with Crippen molar-refractivity contribution < 1.29 is 51.2 Å². The first-order valence-corrected chi connectivity index (χ1v) is 11.8. The Balaban J connectivity index is 0.00000132. The van der Waals surface area contributed by atoms with E-state index >= 15 is 0 Å². The van der Waals surface area contributed by atoms with E-state index in [9.17, 15) is 0 Å². The molecule has 2 aliphatic carbocycles. The number of allylic oxidation sites excluding steroid dienone is 5. The van der Waals surface area contributed by atoms with E-state index in [0.717, 1.165) is 19.3 Å². The monoisotopic (exact) mass is 426 g/mol. The van der Waals surface area contributed by atoms with Crippen LogP contribution in [0.1, 0.15) is 40.9 Å². The third-order valence-electron chi connectivity index (χ3n) is 4.43. The van der Waals surface area contributed by atoms with Gasteiger partial charge in [0.25, 0.3) is 0 Å². The Kier molecular flexibility index (Phi) is 8.94. The minimum atomic E-state index is -1.80. The molecule has 0 fully saturated rings. The molecule has 1 unspecified atom stereocenters. The summed E-state index contributed by atoms with van der Waals surface area (Å²) in [4.78, 5) is 0. The van der Waals surface area contributed by atoms with E-state index in [1.807, 2.05) is 0 Å². The van der Waals surface area contributed by atoms with Crippen LogP contribution in [0.3, 0.4) is 0 Å². The Morgan fingerprint density at radius 2 is 2.00 bits per heavy atom. The topological polar surface area (TPSA) is 20.2 Å². The van der Waals surface area contributed by atoms with Crippen molar-refractivity contribution >= 4 is 9.78 Å². The molecule has 4 heteroatoms. The van der Waals surface area contributed by atoms with Crippen molar-refractivity contribution in [3.8, 4) is 0 Å². The Morgan fingerprint density at radius 1 is 1.22 bits per heavy atom. The van der Waals surface area contributed by atoms with E-state index in [1.54, 1.807) is 3.28 Å². The molecule has 0 heterocycles. The summed E-state index contributed by atoms with van der Waals surface area (Å²) in [6.07, 6.45) is 12.4. The van der Waals surface area contributed by atoms with Gasteiger partial charge in [0.1, 0.15) is 0 Å². The van der Waals surface area contributed by atoms with Crippen molar-refractivity contribution in [2.45, 2.75) is 29.8 Å². The fourth-order valence-electron chi connectivity index (χ4n) is 3.42. The SMILES string of the molecule is C[CH]=[Zr+2]([C]1=C(CCCO)C=CC1)[CH]1C=Cc2ccccc21.[Cl-].[Cl-]. The maximum atomic E-state index is 9.10. The van der Waals surface area contributed by atoms with Crippen molar-refractivity contribution in [2.75, 3.05) is 6.61 Å². The van der Waals surface area contributed by atoms with Crippen LogP contribution in [0.5, 0.6) is 0 Å². The van der Waals surface area contributed by atoms with Gasteiger partial charge in [0, 0.05) is 0 Å². The van der Waals surface area contributed by atoms with Gasteiger partial charge in [0.15, 0.2) is 0 Å².